The van der Waals surface area contributed by atoms with Gasteiger partial charge in [-0.2, -0.15) is 0 Å². The van der Waals surface area contributed by atoms with Crippen molar-refractivity contribution < 1.29 is 9.53 Å². The first-order chi connectivity index (χ1) is 7.69. The summed E-state index contributed by atoms with van der Waals surface area (Å²) < 4.78 is 5.64. The maximum atomic E-state index is 12.0. The molecule has 4 heteroatoms. The molecule has 2 atom stereocenters. The molecule has 1 amide bonds. The Labute approximate surface area is 97.1 Å². The second-order valence-corrected chi connectivity index (χ2v) is 5.10. The predicted molar refractivity (Wildman–Crippen MR) is 61.9 cm³/mol. The van der Waals surface area contributed by atoms with E-state index in [1.54, 1.807) is 0 Å². The van der Waals surface area contributed by atoms with Crippen LogP contribution >= 0.6 is 0 Å². The van der Waals surface area contributed by atoms with Gasteiger partial charge in [-0.1, -0.05) is 6.42 Å². The van der Waals surface area contributed by atoms with E-state index in [4.69, 9.17) is 10.5 Å². The summed E-state index contributed by atoms with van der Waals surface area (Å²) in [5, 5.41) is 0. The van der Waals surface area contributed by atoms with Crippen molar-refractivity contribution in [2.24, 2.45) is 11.7 Å². The fraction of sp³-hybridized carbons (Fsp3) is 0.917. The summed E-state index contributed by atoms with van der Waals surface area (Å²) in [5.74, 6) is 0.931. The summed E-state index contributed by atoms with van der Waals surface area (Å²) in [6, 6.07) is 0. The Bertz CT molecular complexity index is 253. The highest BCUT2D eigenvalue weighted by Gasteiger charge is 2.29. The zero-order valence-electron chi connectivity index (χ0n) is 10.0. The van der Waals surface area contributed by atoms with Gasteiger partial charge in [0.2, 0.25) is 5.91 Å². The molecule has 0 bridgehead atoms. The molecule has 4 nitrogen and oxygen atoms in total. The molecule has 2 N–H and O–H groups in total. The van der Waals surface area contributed by atoms with Crippen molar-refractivity contribution in [3.8, 4) is 0 Å². The number of nitrogens with two attached hydrogens (primary N) is 1. The van der Waals surface area contributed by atoms with Crippen LogP contribution in [0, 0.1) is 5.92 Å². The van der Waals surface area contributed by atoms with Crippen LogP contribution in [0.15, 0.2) is 0 Å². The van der Waals surface area contributed by atoms with Crippen LogP contribution in [-0.2, 0) is 9.53 Å². The van der Waals surface area contributed by atoms with Crippen LogP contribution < -0.4 is 5.73 Å². The second kappa shape index (κ2) is 5.15. The maximum Gasteiger partial charge on any atom is 0.223 e. The molecule has 0 aromatic carbocycles. The van der Waals surface area contributed by atoms with Crippen LogP contribution in [0.4, 0.5) is 0 Å². The molecule has 0 radical (unpaired) electrons. The summed E-state index contributed by atoms with van der Waals surface area (Å²) >= 11 is 0. The molecule has 2 unspecified atom stereocenters. The van der Waals surface area contributed by atoms with Crippen LogP contribution in [0.1, 0.15) is 32.6 Å². The summed E-state index contributed by atoms with van der Waals surface area (Å²) in [6.07, 6.45) is 4.62. The molecule has 1 aliphatic carbocycles. The van der Waals surface area contributed by atoms with E-state index < -0.39 is 0 Å². The van der Waals surface area contributed by atoms with Gasteiger partial charge in [0.15, 0.2) is 0 Å². The Balaban J connectivity index is 1.84. The molecule has 1 aliphatic heterocycles. The van der Waals surface area contributed by atoms with Gasteiger partial charge in [-0.05, 0) is 25.7 Å². The lowest BCUT2D eigenvalue weighted by Crippen LogP contribution is -2.51. The molecule has 1 heterocycles. The Morgan fingerprint density at radius 1 is 1.44 bits per heavy atom. The van der Waals surface area contributed by atoms with E-state index >= 15 is 0 Å². The minimum absolute atomic E-state index is 0.0223. The minimum Gasteiger partial charge on any atom is -0.370 e. The Morgan fingerprint density at radius 3 is 2.75 bits per heavy atom. The number of nitrogens with zero attached hydrogens (tertiary/aromatic N) is 1. The lowest BCUT2D eigenvalue weighted by atomic mass is 9.82. The number of carbonyl (C=O) groups is 1. The number of amides is 1. The van der Waals surface area contributed by atoms with Crippen molar-refractivity contribution in [1.29, 1.82) is 0 Å². The number of ether oxygens (including phenoxy) is 1. The van der Waals surface area contributed by atoms with Crippen molar-refractivity contribution in [2.45, 2.75) is 44.8 Å². The number of rotatable bonds is 3. The van der Waals surface area contributed by atoms with Crippen molar-refractivity contribution in [3.63, 3.8) is 0 Å². The van der Waals surface area contributed by atoms with Gasteiger partial charge in [0.05, 0.1) is 12.2 Å². The van der Waals surface area contributed by atoms with Gasteiger partial charge in [0.1, 0.15) is 0 Å². The highest BCUT2D eigenvalue weighted by Crippen LogP contribution is 2.30. The summed E-state index contributed by atoms with van der Waals surface area (Å²) in [6.45, 7) is 3.90. The van der Waals surface area contributed by atoms with E-state index in [2.05, 4.69) is 0 Å². The largest absolute Gasteiger partial charge is 0.370 e. The van der Waals surface area contributed by atoms with Crippen molar-refractivity contribution in [1.82, 2.24) is 4.90 Å². The van der Waals surface area contributed by atoms with Gasteiger partial charge < -0.3 is 15.4 Å². The van der Waals surface area contributed by atoms with Gasteiger partial charge in [-0.15, -0.1) is 0 Å². The Morgan fingerprint density at radius 2 is 2.19 bits per heavy atom. The Hall–Kier alpha value is -0.610. The van der Waals surface area contributed by atoms with Gasteiger partial charge in [-0.25, -0.2) is 0 Å². The average Bonchev–Trinajstić information content (AvgIpc) is 2.22. The fourth-order valence-electron chi connectivity index (χ4n) is 2.45. The molecule has 1 saturated heterocycles. The molecular formula is C12H22N2O2. The second-order valence-electron chi connectivity index (χ2n) is 5.10. The Kier molecular flexibility index (Phi) is 3.82. The van der Waals surface area contributed by atoms with E-state index in [1.807, 2.05) is 11.8 Å². The first-order valence-corrected chi connectivity index (χ1v) is 6.32. The van der Waals surface area contributed by atoms with Crippen LogP contribution in [0.3, 0.4) is 0 Å². The van der Waals surface area contributed by atoms with E-state index in [1.165, 1.54) is 19.3 Å². The zero-order chi connectivity index (χ0) is 11.5. The van der Waals surface area contributed by atoms with E-state index in [9.17, 15) is 4.79 Å². The van der Waals surface area contributed by atoms with Gasteiger partial charge in [0, 0.05) is 26.1 Å². The monoisotopic (exact) mass is 226 g/mol. The summed E-state index contributed by atoms with van der Waals surface area (Å²) in [4.78, 5) is 14.0. The average molecular weight is 226 g/mol. The predicted octanol–water partition coefficient (Wildman–Crippen LogP) is 0.751. The zero-order valence-corrected chi connectivity index (χ0v) is 10.0. The quantitative estimate of drug-likeness (QED) is 0.772. The van der Waals surface area contributed by atoms with E-state index in [-0.39, 0.29) is 12.2 Å². The van der Waals surface area contributed by atoms with Crippen molar-refractivity contribution >= 4 is 5.91 Å². The van der Waals surface area contributed by atoms with E-state index in [0.717, 1.165) is 13.0 Å². The summed E-state index contributed by atoms with van der Waals surface area (Å²) in [5.41, 5.74) is 5.60. The third kappa shape index (κ3) is 2.74. The fourth-order valence-corrected chi connectivity index (χ4v) is 2.45. The lowest BCUT2D eigenvalue weighted by molar-refractivity contribution is -0.145. The normalized spacial score (nSPS) is 31.2. The number of hydrogen-bond donors (Lipinski definition) is 1. The topological polar surface area (TPSA) is 55.6 Å². The first kappa shape index (κ1) is 11.9. The van der Waals surface area contributed by atoms with Crippen LogP contribution in [0.2, 0.25) is 0 Å². The third-order valence-electron chi connectivity index (χ3n) is 3.63. The smallest absolute Gasteiger partial charge is 0.223 e. The molecule has 2 aliphatic rings. The van der Waals surface area contributed by atoms with Crippen LogP contribution in [0.25, 0.3) is 0 Å². The third-order valence-corrected chi connectivity index (χ3v) is 3.63. The van der Waals surface area contributed by atoms with E-state index in [0.29, 0.717) is 24.9 Å². The minimum atomic E-state index is 0.0223. The lowest BCUT2D eigenvalue weighted by Gasteiger charge is -2.37. The highest BCUT2D eigenvalue weighted by atomic mass is 16.5. The van der Waals surface area contributed by atoms with Crippen LogP contribution in [-0.4, -0.2) is 42.6 Å². The molecule has 0 aromatic rings. The molecule has 2 fully saturated rings. The first-order valence-electron chi connectivity index (χ1n) is 6.32. The molecule has 0 aromatic heterocycles. The standard InChI is InChI=1S/C12H22N2O2/c1-9-7-14(8-11(6-13)16-9)12(15)5-10-3-2-4-10/h9-11H,2-8,13H2,1H3. The molecule has 16 heavy (non-hydrogen) atoms. The molecule has 1 saturated carbocycles. The van der Waals surface area contributed by atoms with Crippen molar-refractivity contribution in [2.75, 3.05) is 19.6 Å². The molecular weight excluding hydrogens is 204 g/mol. The van der Waals surface area contributed by atoms with Gasteiger partial charge in [0.25, 0.3) is 0 Å². The van der Waals surface area contributed by atoms with Crippen molar-refractivity contribution in [3.05, 3.63) is 0 Å². The molecule has 0 spiro atoms. The SMILES string of the molecule is CC1CN(C(=O)CC2CCC2)CC(CN)O1. The summed E-state index contributed by atoms with van der Waals surface area (Å²) in [7, 11) is 0. The number of hydrogen-bond acceptors (Lipinski definition) is 3. The van der Waals surface area contributed by atoms with Crippen LogP contribution in [0.5, 0.6) is 0 Å². The highest BCUT2D eigenvalue weighted by molar-refractivity contribution is 5.76. The molecule has 2 rings (SSSR count). The maximum absolute atomic E-state index is 12.0. The van der Waals surface area contributed by atoms with Gasteiger partial charge in [-0.3, -0.25) is 4.79 Å². The number of carbonyl (C=O) groups excluding carboxylic acids is 1. The molecule has 92 valence electrons. The number of morpholine rings is 1. The van der Waals surface area contributed by atoms with Gasteiger partial charge >= 0.3 is 0 Å².